The lowest BCUT2D eigenvalue weighted by Gasteiger charge is -2.01. The lowest BCUT2D eigenvalue weighted by atomic mass is 10.3. The number of unbranched alkanes of at least 4 members (excludes halogenated alkanes) is 1. The molecule has 0 bridgehead atoms. The molecule has 6 nitrogen and oxygen atoms in total. The fourth-order valence-corrected chi connectivity index (χ4v) is 2.28. The summed E-state index contributed by atoms with van der Waals surface area (Å²) < 4.78 is 22.3. The van der Waals surface area contributed by atoms with Crippen LogP contribution in [0.3, 0.4) is 0 Å². The summed E-state index contributed by atoms with van der Waals surface area (Å²) in [6, 6.07) is 0. The van der Waals surface area contributed by atoms with Crippen molar-refractivity contribution in [3.05, 3.63) is 0 Å². The standard InChI is InChI=1S/C8H14O6S/c9-7(10)3-1-2-5-15(13,14)6-4-8(11)12/h1-6H2,(H,9,10)(H,11,12). The maximum Gasteiger partial charge on any atom is 0.304 e. The zero-order valence-corrected chi connectivity index (χ0v) is 8.99. The van der Waals surface area contributed by atoms with E-state index >= 15 is 0 Å². The summed E-state index contributed by atoms with van der Waals surface area (Å²) in [5, 5.41) is 16.6. The highest BCUT2D eigenvalue weighted by Gasteiger charge is 2.12. The molecule has 0 fully saturated rings. The summed E-state index contributed by atoms with van der Waals surface area (Å²) in [5.41, 5.74) is 0. The molecule has 0 aliphatic carbocycles. The van der Waals surface area contributed by atoms with Crippen molar-refractivity contribution in [2.45, 2.75) is 25.7 Å². The lowest BCUT2D eigenvalue weighted by Crippen LogP contribution is -2.14. The number of hydrogen-bond acceptors (Lipinski definition) is 4. The molecule has 0 spiro atoms. The van der Waals surface area contributed by atoms with Crippen molar-refractivity contribution >= 4 is 21.8 Å². The minimum atomic E-state index is -3.35. The molecule has 0 aliphatic heterocycles. The van der Waals surface area contributed by atoms with Crippen LogP contribution in [0.15, 0.2) is 0 Å². The number of rotatable bonds is 8. The fraction of sp³-hybridized carbons (Fsp3) is 0.750. The number of carboxylic acids is 2. The Kier molecular flexibility index (Phi) is 5.92. The van der Waals surface area contributed by atoms with Gasteiger partial charge in [0.05, 0.1) is 17.9 Å². The van der Waals surface area contributed by atoms with Gasteiger partial charge in [-0.25, -0.2) is 8.42 Å². The number of carbonyl (C=O) groups is 2. The Morgan fingerprint density at radius 1 is 0.867 bits per heavy atom. The summed E-state index contributed by atoms with van der Waals surface area (Å²) in [6.07, 6.45) is 0.0889. The van der Waals surface area contributed by atoms with Crippen LogP contribution < -0.4 is 0 Å². The van der Waals surface area contributed by atoms with Crippen molar-refractivity contribution in [1.82, 2.24) is 0 Å². The van der Waals surface area contributed by atoms with Gasteiger partial charge in [0.15, 0.2) is 9.84 Å². The van der Waals surface area contributed by atoms with Crippen LogP contribution in [0.4, 0.5) is 0 Å². The molecule has 15 heavy (non-hydrogen) atoms. The first kappa shape index (κ1) is 13.9. The Hall–Kier alpha value is -1.11. The van der Waals surface area contributed by atoms with Gasteiger partial charge in [0, 0.05) is 6.42 Å². The minimum Gasteiger partial charge on any atom is -0.481 e. The van der Waals surface area contributed by atoms with Crippen molar-refractivity contribution < 1.29 is 28.2 Å². The van der Waals surface area contributed by atoms with E-state index in [2.05, 4.69) is 0 Å². The van der Waals surface area contributed by atoms with Gasteiger partial charge in [-0.1, -0.05) is 0 Å². The third kappa shape index (κ3) is 9.20. The monoisotopic (exact) mass is 238 g/mol. The molecule has 0 saturated carbocycles. The molecule has 0 rings (SSSR count). The van der Waals surface area contributed by atoms with Gasteiger partial charge < -0.3 is 10.2 Å². The Labute approximate surface area is 87.8 Å². The van der Waals surface area contributed by atoms with Crippen LogP contribution in [-0.2, 0) is 19.4 Å². The second-order valence-corrected chi connectivity index (χ2v) is 5.45. The van der Waals surface area contributed by atoms with E-state index in [4.69, 9.17) is 10.2 Å². The molecule has 0 atom stereocenters. The first-order valence-corrected chi connectivity index (χ1v) is 6.29. The molecule has 0 aromatic carbocycles. The Balaban J connectivity index is 3.75. The van der Waals surface area contributed by atoms with Gasteiger partial charge >= 0.3 is 11.9 Å². The molecule has 0 saturated heterocycles. The zero-order valence-electron chi connectivity index (χ0n) is 8.18. The molecule has 7 heteroatoms. The second-order valence-electron chi connectivity index (χ2n) is 3.15. The zero-order chi connectivity index (χ0) is 11.9. The van der Waals surface area contributed by atoms with Crippen molar-refractivity contribution in [3.63, 3.8) is 0 Å². The summed E-state index contributed by atoms with van der Waals surface area (Å²) >= 11 is 0. The highest BCUT2D eigenvalue weighted by molar-refractivity contribution is 7.91. The molecule has 0 radical (unpaired) electrons. The third-order valence-electron chi connectivity index (χ3n) is 1.72. The van der Waals surface area contributed by atoms with Gasteiger partial charge in [-0.05, 0) is 12.8 Å². The summed E-state index contributed by atoms with van der Waals surface area (Å²) in [7, 11) is -3.35. The van der Waals surface area contributed by atoms with Gasteiger partial charge in [0.1, 0.15) is 0 Å². The van der Waals surface area contributed by atoms with Crippen LogP contribution in [-0.4, -0.2) is 42.1 Å². The summed E-state index contributed by atoms with van der Waals surface area (Å²) in [5.74, 6) is -2.63. The molecular weight excluding hydrogens is 224 g/mol. The van der Waals surface area contributed by atoms with Gasteiger partial charge in [0.2, 0.25) is 0 Å². The number of carboxylic acid groups (broad SMARTS) is 2. The average Bonchev–Trinajstić information content (AvgIpc) is 2.09. The normalized spacial score (nSPS) is 11.2. The molecule has 0 aliphatic rings. The van der Waals surface area contributed by atoms with Crippen LogP contribution in [0.2, 0.25) is 0 Å². The molecule has 0 aromatic heterocycles. The maximum absolute atomic E-state index is 11.2. The van der Waals surface area contributed by atoms with Crippen molar-refractivity contribution in [2.24, 2.45) is 0 Å². The number of hydrogen-bond donors (Lipinski definition) is 2. The smallest absolute Gasteiger partial charge is 0.304 e. The summed E-state index contributed by atoms with van der Waals surface area (Å²) in [4.78, 5) is 20.2. The quantitative estimate of drug-likeness (QED) is 0.582. The van der Waals surface area contributed by atoms with E-state index in [1.54, 1.807) is 0 Å². The molecule has 0 heterocycles. The second kappa shape index (κ2) is 6.39. The number of aliphatic carboxylic acids is 2. The maximum atomic E-state index is 11.2. The van der Waals surface area contributed by atoms with Crippen LogP contribution >= 0.6 is 0 Å². The van der Waals surface area contributed by atoms with Crippen LogP contribution in [0, 0.1) is 0 Å². The molecule has 0 unspecified atom stereocenters. The van der Waals surface area contributed by atoms with Gasteiger partial charge in [-0.15, -0.1) is 0 Å². The highest BCUT2D eigenvalue weighted by atomic mass is 32.2. The van der Waals surface area contributed by atoms with E-state index in [9.17, 15) is 18.0 Å². The van der Waals surface area contributed by atoms with Crippen LogP contribution in [0.25, 0.3) is 0 Å². The predicted molar refractivity (Wildman–Crippen MR) is 52.4 cm³/mol. The molecular formula is C8H14O6S. The summed E-state index contributed by atoms with van der Waals surface area (Å²) in [6.45, 7) is 0. The predicted octanol–water partition coefficient (Wildman–Crippen LogP) is 0.131. The van der Waals surface area contributed by atoms with Crippen molar-refractivity contribution in [1.29, 1.82) is 0 Å². The Bertz CT molecular complexity index is 318. The van der Waals surface area contributed by atoms with E-state index in [-0.39, 0.29) is 24.3 Å². The van der Waals surface area contributed by atoms with E-state index in [0.717, 1.165) is 0 Å². The van der Waals surface area contributed by atoms with Crippen LogP contribution in [0.5, 0.6) is 0 Å². The molecule has 0 aromatic rings. The van der Waals surface area contributed by atoms with E-state index in [1.165, 1.54) is 0 Å². The van der Waals surface area contributed by atoms with Gasteiger partial charge in [-0.2, -0.15) is 0 Å². The van der Waals surface area contributed by atoms with Crippen LogP contribution in [0.1, 0.15) is 25.7 Å². The first-order valence-electron chi connectivity index (χ1n) is 4.47. The van der Waals surface area contributed by atoms with Crippen molar-refractivity contribution in [3.8, 4) is 0 Å². The van der Waals surface area contributed by atoms with E-state index in [0.29, 0.717) is 6.42 Å². The van der Waals surface area contributed by atoms with Gasteiger partial charge in [0.25, 0.3) is 0 Å². The van der Waals surface area contributed by atoms with E-state index < -0.39 is 28.2 Å². The molecule has 88 valence electrons. The van der Waals surface area contributed by atoms with Crippen molar-refractivity contribution in [2.75, 3.05) is 11.5 Å². The minimum absolute atomic E-state index is 0.0611. The lowest BCUT2D eigenvalue weighted by molar-refractivity contribution is -0.137. The molecule has 2 N–H and O–H groups in total. The van der Waals surface area contributed by atoms with Gasteiger partial charge in [-0.3, -0.25) is 9.59 Å². The van der Waals surface area contributed by atoms with E-state index in [1.807, 2.05) is 0 Å². The largest absolute Gasteiger partial charge is 0.481 e. The fourth-order valence-electron chi connectivity index (χ4n) is 0.943. The Morgan fingerprint density at radius 2 is 1.40 bits per heavy atom. The SMILES string of the molecule is O=C(O)CCCCS(=O)(=O)CCC(=O)O. The average molecular weight is 238 g/mol. The Morgan fingerprint density at radius 3 is 1.87 bits per heavy atom. The topological polar surface area (TPSA) is 109 Å². The number of sulfone groups is 1. The third-order valence-corrected chi connectivity index (χ3v) is 3.46. The highest BCUT2D eigenvalue weighted by Crippen LogP contribution is 2.02. The molecule has 0 amide bonds. The first-order chi connectivity index (χ1) is 6.83.